The number of likely N-dealkylation sites (N-methyl/N-ethyl adjacent to an activating group) is 1. The Labute approximate surface area is 194 Å². The Balaban J connectivity index is 0.00000364. The number of hydrogen-bond acceptors (Lipinski definition) is 4. The molecule has 2 aromatic carbocycles. The summed E-state index contributed by atoms with van der Waals surface area (Å²) in [5.74, 6) is 1.09. The molecule has 0 radical (unpaired) electrons. The Kier molecular flexibility index (Phi) is 13.3. The molecular formula is C19H25Cl5N2O2. The number of nitrogens with one attached hydrogen (secondary N) is 1. The van der Waals surface area contributed by atoms with E-state index in [-0.39, 0.29) is 31.4 Å². The first-order valence-electron chi connectivity index (χ1n) is 8.19. The minimum Gasteiger partial charge on any atom is -0.493 e. The van der Waals surface area contributed by atoms with E-state index in [9.17, 15) is 0 Å². The lowest BCUT2D eigenvalue weighted by atomic mass is 10.2. The van der Waals surface area contributed by atoms with Crippen LogP contribution in [0, 0.1) is 0 Å². The minimum atomic E-state index is 0. The number of benzene rings is 2. The first kappa shape index (κ1) is 27.4. The fourth-order valence-corrected chi connectivity index (χ4v) is 3.09. The van der Waals surface area contributed by atoms with Gasteiger partial charge in [-0.15, -0.1) is 24.8 Å². The van der Waals surface area contributed by atoms with Crippen LogP contribution in [-0.2, 0) is 13.2 Å². The van der Waals surface area contributed by atoms with E-state index in [2.05, 4.69) is 10.2 Å². The van der Waals surface area contributed by atoms with Crippen LogP contribution in [0.25, 0.3) is 0 Å². The van der Waals surface area contributed by atoms with Crippen molar-refractivity contribution in [2.45, 2.75) is 13.2 Å². The Morgan fingerprint density at radius 2 is 1.71 bits per heavy atom. The predicted molar refractivity (Wildman–Crippen MR) is 124 cm³/mol. The van der Waals surface area contributed by atoms with Crippen LogP contribution in [0.2, 0.25) is 15.1 Å². The van der Waals surface area contributed by atoms with Crippen LogP contribution in [0.3, 0.4) is 0 Å². The van der Waals surface area contributed by atoms with Crippen LogP contribution >= 0.6 is 59.6 Å². The van der Waals surface area contributed by atoms with Gasteiger partial charge in [0.25, 0.3) is 0 Å². The normalized spacial score (nSPS) is 10.2. The lowest BCUT2D eigenvalue weighted by Gasteiger charge is -2.15. The van der Waals surface area contributed by atoms with Crippen LogP contribution in [0.1, 0.15) is 11.1 Å². The Morgan fingerprint density at radius 1 is 1.00 bits per heavy atom. The zero-order chi connectivity index (χ0) is 19.1. The summed E-state index contributed by atoms with van der Waals surface area (Å²) in [7, 11) is 5.68. The van der Waals surface area contributed by atoms with E-state index in [1.807, 2.05) is 32.3 Å². The van der Waals surface area contributed by atoms with Gasteiger partial charge in [-0.3, -0.25) is 0 Å². The molecule has 0 atom stereocenters. The molecule has 0 fully saturated rings. The summed E-state index contributed by atoms with van der Waals surface area (Å²) in [6.45, 7) is 2.83. The second kappa shape index (κ2) is 13.6. The van der Waals surface area contributed by atoms with Gasteiger partial charge in [0.15, 0.2) is 11.5 Å². The predicted octanol–water partition coefficient (Wildman–Crippen LogP) is 5.73. The van der Waals surface area contributed by atoms with Gasteiger partial charge >= 0.3 is 0 Å². The summed E-state index contributed by atoms with van der Waals surface area (Å²) < 4.78 is 11.3. The molecule has 0 bridgehead atoms. The summed E-state index contributed by atoms with van der Waals surface area (Å²) in [5, 5.41) is 5.01. The van der Waals surface area contributed by atoms with Gasteiger partial charge in [0.2, 0.25) is 0 Å². The van der Waals surface area contributed by atoms with E-state index in [0.717, 1.165) is 24.2 Å². The summed E-state index contributed by atoms with van der Waals surface area (Å²) in [4.78, 5) is 2.12. The monoisotopic (exact) mass is 488 g/mol. The maximum atomic E-state index is 6.41. The highest BCUT2D eigenvalue weighted by Gasteiger charge is 2.13. The first-order valence-corrected chi connectivity index (χ1v) is 9.32. The molecule has 0 amide bonds. The van der Waals surface area contributed by atoms with Gasteiger partial charge in [0.05, 0.1) is 12.1 Å². The molecule has 0 aromatic heterocycles. The molecule has 9 heteroatoms. The molecule has 1 N–H and O–H groups in total. The summed E-state index contributed by atoms with van der Waals surface area (Å²) >= 11 is 18.5. The van der Waals surface area contributed by atoms with Gasteiger partial charge in [-0.2, -0.15) is 0 Å². The molecule has 0 saturated carbocycles. The number of ether oxygens (including phenoxy) is 2. The Bertz CT molecular complexity index is 745. The number of hydrogen-bond donors (Lipinski definition) is 1. The van der Waals surface area contributed by atoms with Crippen molar-refractivity contribution in [3.8, 4) is 11.5 Å². The van der Waals surface area contributed by atoms with Crippen molar-refractivity contribution in [1.29, 1.82) is 0 Å². The summed E-state index contributed by atoms with van der Waals surface area (Å²) in [6.07, 6.45) is 0. The first-order chi connectivity index (χ1) is 12.4. The van der Waals surface area contributed by atoms with Gasteiger partial charge < -0.3 is 19.7 Å². The fourth-order valence-electron chi connectivity index (χ4n) is 2.34. The van der Waals surface area contributed by atoms with Crippen LogP contribution in [0.15, 0.2) is 30.3 Å². The molecule has 158 valence electrons. The molecular weight excluding hydrogens is 465 g/mol. The van der Waals surface area contributed by atoms with Gasteiger partial charge in [-0.25, -0.2) is 0 Å². The van der Waals surface area contributed by atoms with Gasteiger partial charge in [-0.05, 0) is 43.9 Å². The van der Waals surface area contributed by atoms with Gasteiger partial charge in [0, 0.05) is 35.2 Å². The minimum absolute atomic E-state index is 0. The Morgan fingerprint density at radius 3 is 2.32 bits per heavy atom. The van der Waals surface area contributed by atoms with E-state index >= 15 is 0 Å². The average Bonchev–Trinajstić information content (AvgIpc) is 2.58. The average molecular weight is 491 g/mol. The van der Waals surface area contributed by atoms with Crippen LogP contribution in [0.4, 0.5) is 0 Å². The number of rotatable bonds is 9. The van der Waals surface area contributed by atoms with Crippen molar-refractivity contribution in [2.75, 3.05) is 34.3 Å². The van der Waals surface area contributed by atoms with Gasteiger partial charge in [0.1, 0.15) is 6.61 Å². The molecule has 0 aliphatic rings. The fraction of sp³-hybridized carbons (Fsp3) is 0.368. The number of halogens is 5. The number of nitrogens with zero attached hydrogens (tertiary/aromatic N) is 1. The Hall–Kier alpha value is -0.590. The van der Waals surface area contributed by atoms with Crippen molar-refractivity contribution >= 4 is 59.6 Å². The highest BCUT2D eigenvalue weighted by molar-refractivity contribution is 6.35. The highest BCUT2D eigenvalue weighted by atomic mass is 35.5. The van der Waals surface area contributed by atoms with E-state index in [0.29, 0.717) is 33.1 Å². The smallest absolute Gasteiger partial charge is 0.180 e. The summed E-state index contributed by atoms with van der Waals surface area (Å²) in [6, 6.07) is 9.09. The highest BCUT2D eigenvalue weighted by Crippen LogP contribution is 2.37. The van der Waals surface area contributed by atoms with Gasteiger partial charge in [-0.1, -0.05) is 40.9 Å². The lowest BCUT2D eigenvalue weighted by molar-refractivity contribution is 0.284. The molecule has 2 rings (SSSR count). The second-order valence-corrected chi connectivity index (χ2v) is 7.36. The zero-order valence-electron chi connectivity index (χ0n) is 15.9. The largest absolute Gasteiger partial charge is 0.493 e. The molecule has 0 spiro atoms. The molecule has 0 aliphatic heterocycles. The van der Waals surface area contributed by atoms with E-state index in [1.165, 1.54) is 0 Å². The maximum Gasteiger partial charge on any atom is 0.180 e. The summed E-state index contributed by atoms with van der Waals surface area (Å²) in [5.41, 5.74) is 1.85. The molecule has 28 heavy (non-hydrogen) atoms. The quantitative estimate of drug-likeness (QED) is 0.455. The molecule has 2 aromatic rings. The molecule has 0 unspecified atom stereocenters. The molecule has 0 aliphatic carbocycles. The second-order valence-electron chi connectivity index (χ2n) is 6.11. The van der Waals surface area contributed by atoms with Crippen molar-refractivity contribution in [1.82, 2.24) is 10.2 Å². The topological polar surface area (TPSA) is 33.7 Å². The standard InChI is InChI=1S/C19H23Cl3N2O2.2ClH/c1-24(2)7-6-23-11-13-8-17(22)19(18(9-13)25-3)26-12-14-4-5-15(20)10-16(14)21;;/h4-5,8-10,23H,6-7,11-12H2,1-3H3;2*1H. The zero-order valence-corrected chi connectivity index (χ0v) is 19.8. The van der Waals surface area contributed by atoms with Crippen LogP contribution in [0.5, 0.6) is 11.5 Å². The third-order valence-corrected chi connectivity index (χ3v) is 4.61. The molecule has 0 heterocycles. The molecule has 0 saturated heterocycles. The van der Waals surface area contributed by atoms with E-state index in [1.54, 1.807) is 19.2 Å². The van der Waals surface area contributed by atoms with Crippen molar-refractivity contribution in [3.05, 3.63) is 56.5 Å². The van der Waals surface area contributed by atoms with E-state index in [4.69, 9.17) is 44.3 Å². The van der Waals surface area contributed by atoms with E-state index < -0.39 is 0 Å². The van der Waals surface area contributed by atoms with Crippen molar-refractivity contribution in [2.24, 2.45) is 0 Å². The SMILES string of the molecule is COc1cc(CNCCN(C)C)cc(Cl)c1OCc1ccc(Cl)cc1Cl.Cl.Cl. The number of methoxy groups -OCH3 is 1. The maximum absolute atomic E-state index is 6.41. The third-order valence-electron chi connectivity index (χ3n) is 3.74. The van der Waals surface area contributed by atoms with Crippen LogP contribution in [-0.4, -0.2) is 39.2 Å². The van der Waals surface area contributed by atoms with Crippen molar-refractivity contribution < 1.29 is 9.47 Å². The third kappa shape index (κ3) is 8.42. The van der Waals surface area contributed by atoms with Crippen molar-refractivity contribution in [3.63, 3.8) is 0 Å². The van der Waals surface area contributed by atoms with Crippen LogP contribution < -0.4 is 14.8 Å². The molecule has 4 nitrogen and oxygen atoms in total. The lowest BCUT2D eigenvalue weighted by Crippen LogP contribution is -2.26.